The second-order valence-electron chi connectivity index (χ2n) is 6.04. The lowest BCUT2D eigenvalue weighted by Crippen LogP contribution is -2.20. The summed E-state index contributed by atoms with van der Waals surface area (Å²) >= 11 is 0. The third kappa shape index (κ3) is 2.90. The summed E-state index contributed by atoms with van der Waals surface area (Å²) in [5.41, 5.74) is 3.62. The highest BCUT2D eigenvalue weighted by Gasteiger charge is 2.29. The van der Waals surface area contributed by atoms with E-state index in [1.807, 2.05) is 38.1 Å². The van der Waals surface area contributed by atoms with Crippen LogP contribution in [0.2, 0.25) is 0 Å². The lowest BCUT2D eigenvalue weighted by molar-refractivity contribution is 0.435. The normalized spacial score (nSPS) is 11.6. The van der Waals surface area contributed by atoms with Gasteiger partial charge in [-0.05, 0) is 36.1 Å². The third-order valence-electron chi connectivity index (χ3n) is 4.29. The monoisotopic (exact) mass is 284 g/mol. The summed E-state index contributed by atoms with van der Waals surface area (Å²) in [6.07, 6.45) is 1.84. The standard InChI is InChI=1S/C19H24O2/c1-5-13-7-9-17(20)15(11-13)19(3,4)16-12-14(6-2)8-10-18(16)21/h7-12,20-21H,5-6H2,1-4H3. The van der Waals surface area contributed by atoms with Gasteiger partial charge in [0.25, 0.3) is 0 Å². The second-order valence-corrected chi connectivity index (χ2v) is 6.04. The highest BCUT2D eigenvalue weighted by molar-refractivity contribution is 5.52. The van der Waals surface area contributed by atoms with E-state index in [1.165, 1.54) is 11.1 Å². The van der Waals surface area contributed by atoms with E-state index < -0.39 is 5.41 Å². The van der Waals surface area contributed by atoms with E-state index in [0.717, 1.165) is 24.0 Å². The molecule has 2 aromatic rings. The number of hydrogen-bond donors (Lipinski definition) is 2. The Morgan fingerprint density at radius 2 is 1.14 bits per heavy atom. The van der Waals surface area contributed by atoms with Crippen molar-refractivity contribution in [2.24, 2.45) is 0 Å². The minimum Gasteiger partial charge on any atom is -0.508 e. The fourth-order valence-electron chi connectivity index (χ4n) is 2.75. The Morgan fingerprint density at radius 1 is 0.762 bits per heavy atom. The van der Waals surface area contributed by atoms with Gasteiger partial charge in [-0.3, -0.25) is 0 Å². The van der Waals surface area contributed by atoms with Gasteiger partial charge in [0.15, 0.2) is 0 Å². The van der Waals surface area contributed by atoms with Gasteiger partial charge in [0, 0.05) is 16.5 Å². The fourth-order valence-corrected chi connectivity index (χ4v) is 2.75. The molecule has 0 aliphatic carbocycles. The summed E-state index contributed by atoms with van der Waals surface area (Å²) in [4.78, 5) is 0. The van der Waals surface area contributed by atoms with Crippen LogP contribution in [0, 0.1) is 0 Å². The minimum absolute atomic E-state index is 0.276. The summed E-state index contributed by atoms with van der Waals surface area (Å²) in [6.45, 7) is 8.27. The van der Waals surface area contributed by atoms with Crippen LogP contribution < -0.4 is 0 Å². The van der Waals surface area contributed by atoms with Crippen molar-refractivity contribution in [3.05, 3.63) is 58.7 Å². The Hall–Kier alpha value is -1.96. The highest BCUT2D eigenvalue weighted by Crippen LogP contribution is 2.41. The second kappa shape index (κ2) is 5.80. The van der Waals surface area contributed by atoms with E-state index in [9.17, 15) is 10.2 Å². The maximum Gasteiger partial charge on any atom is 0.119 e. The number of aromatic hydroxyl groups is 2. The topological polar surface area (TPSA) is 40.5 Å². The van der Waals surface area contributed by atoms with Gasteiger partial charge in [0.1, 0.15) is 11.5 Å². The van der Waals surface area contributed by atoms with Gasteiger partial charge in [-0.1, -0.05) is 52.0 Å². The molecule has 0 amide bonds. The van der Waals surface area contributed by atoms with Crippen LogP contribution >= 0.6 is 0 Å². The van der Waals surface area contributed by atoms with Crippen molar-refractivity contribution < 1.29 is 10.2 Å². The first-order valence-corrected chi connectivity index (χ1v) is 7.54. The van der Waals surface area contributed by atoms with Crippen LogP contribution in [0.1, 0.15) is 49.9 Å². The Labute approximate surface area is 127 Å². The van der Waals surface area contributed by atoms with Gasteiger partial charge in [-0.25, -0.2) is 0 Å². The summed E-state index contributed by atoms with van der Waals surface area (Å²) in [5.74, 6) is 0.553. The largest absolute Gasteiger partial charge is 0.508 e. The van der Waals surface area contributed by atoms with Crippen molar-refractivity contribution in [2.45, 2.75) is 46.0 Å². The minimum atomic E-state index is -0.454. The third-order valence-corrected chi connectivity index (χ3v) is 4.29. The molecule has 112 valence electrons. The summed E-state index contributed by atoms with van der Waals surface area (Å²) in [5, 5.41) is 20.5. The van der Waals surface area contributed by atoms with E-state index in [0.29, 0.717) is 0 Å². The molecule has 0 saturated carbocycles. The van der Waals surface area contributed by atoms with Gasteiger partial charge >= 0.3 is 0 Å². The Balaban J connectivity index is 2.61. The number of aryl methyl sites for hydroxylation is 2. The van der Waals surface area contributed by atoms with E-state index >= 15 is 0 Å². The number of phenols is 2. The first kappa shape index (κ1) is 15.4. The molecule has 0 heterocycles. The molecule has 2 nitrogen and oxygen atoms in total. The molecular weight excluding hydrogens is 260 g/mol. The fraction of sp³-hybridized carbons (Fsp3) is 0.368. The number of benzene rings is 2. The Bertz CT molecular complexity index is 587. The van der Waals surface area contributed by atoms with Crippen LogP contribution in [0.5, 0.6) is 11.5 Å². The molecule has 2 N–H and O–H groups in total. The molecule has 0 spiro atoms. The maximum absolute atomic E-state index is 10.3. The average Bonchev–Trinajstić information content (AvgIpc) is 2.48. The van der Waals surface area contributed by atoms with Crippen LogP contribution in [0.4, 0.5) is 0 Å². The van der Waals surface area contributed by atoms with Crippen LogP contribution in [0.25, 0.3) is 0 Å². The summed E-state index contributed by atoms with van der Waals surface area (Å²) < 4.78 is 0. The Kier molecular flexibility index (Phi) is 4.26. The van der Waals surface area contributed by atoms with Gasteiger partial charge in [-0.15, -0.1) is 0 Å². The van der Waals surface area contributed by atoms with E-state index in [-0.39, 0.29) is 11.5 Å². The molecule has 0 radical (unpaired) electrons. The van der Waals surface area contributed by atoms with Crippen LogP contribution in [0.3, 0.4) is 0 Å². The van der Waals surface area contributed by atoms with Crippen molar-refractivity contribution >= 4 is 0 Å². The molecule has 2 heteroatoms. The molecule has 0 aromatic heterocycles. The van der Waals surface area contributed by atoms with Crippen molar-refractivity contribution in [3.63, 3.8) is 0 Å². The van der Waals surface area contributed by atoms with E-state index in [4.69, 9.17) is 0 Å². The van der Waals surface area contributed by atoms with Crippen molar-refractivity contribution in [2.75, 3.05) is 0 Å². The number of rotatable bonds is 4. The van der Waals surface area contributed by atoms with Crippen molar-refractivity contribution in [1.82, 2.24) is 0 Å². The molecule has 21 heavy (non-hydrogen) atoms. The predicted molar refractivity (Wildman–Crippen MR) is 87.1 cm³/mol. The lowest BCUT2D eigenvalue weighted by atomic mass is 9.76. The number of phenolic OH excluding ortho intramolecular Hbond substituents is 2. The molecule has 0 aliphatic heterocycles. The molecule has 0 saturated heterocycles. The van der Waals surface area contributed by atoms with Gasteiger partial charge < -0.3 is 10.2 Å². The first-order valence-electron chi connectivity index (χ1n) is 7.54. The smallest absolute Gasteiger partial charge is 0.119 e. The SMILES string of the molecule is CCc1ccc(O)c(C(C)(C)c2cc(CC)ccc2O)c1. The zero-order valence-corrected chi connectivity index (χ0v) is 13.3. The van der Waals surface area contributed by atoms with E-state index in [2.05, 4.69) is 13.8 Å². The molecule has 2 aromatic carbocycles. The lowest BCUT2D eigenvalue weighted by Gasteiger charge is -2.28. The maximum atomic E-state index is 10.3. The van der Waals surface area contributed by atoms with Crippen LogP contribution in [-0.2, 0) is 18.3 Å². The molecule has 0 aliphatic rings. The molecule has 2 rings (SSSR count). The van der Waals surface area contributed by atoms with Crippen molar-refractivity contribution in [1.29, 1.82) is 0 Å². The van der Waals surface area contributed by atoms with Gasteiger partial charge in [0.2, 0.25) is 0 Å². The zero-order chi connectivity index (χ0) is 15.6. The predicted octanol–water partition coefficient (Wildman–Crippen LogP) is 4.55. The highest BCUT2D eigenvalue weighted by atomic mass is 16.3. The van der Waals surface area contributed by atoms with Crippen LogP contribution in [-0.4, -0.2) is 10.2 Å². The zero-order valence-electron chi connectivity index (χ0n) is 13.3. The summed E-state index contributed by atoms with van der Waals surface area (Å²) in [6, 6.07) is 11.4. The first-order chi connectivity index (χ1) is 9.90. The molecule has 0 atom stereocenters. The molecule has 0 unspecified atom stereocenters. The average molecular weight is 284 g/mol. The quantitative estimate of drug-likeness (QED) is 0.864. The van der Waals surface area contributed by atoms with E-state index in [1.54, 1.807) is 12.1 Å². The summed E-state index contributed by atoms with van der Waals surface area (Å²) in [7, 11) is 0. The van der Waals surface area contributed by atoms with Crippen molar-refractivity contribution in [3.8, 4) is 11.5 Å². The Morgan fingerprint density at radius 3 is 1.48 bits per heavy atom. The number of hydrogen-bond acceptors (Lipinski definition) is 2. The van der Waals surface area contributed by atoms with Crippen LogP contribution in [0.15, 0.2) is 36.4 Å². The van der Waals surface area contributed by atoms with Gasteiger partial charge in [0.05, 0.1) is 0 Å². The molecule has 0 fully saturated rings. The van der Waals surface area contributed by atoms with Gasteiger partial charge in [-0.2, -0.15) is 0 Å². The molecule has 0 bridgehead atoms. The molecular formula is C19H24O2.